The number of rotatable bonds is 8. The summed E-state index contributed by atoms with van der Waals surface area (Å²) in [6.45, 7) is 1.25. The van der Waals surface area contributed by atoms with Gasteiger partial charge in [-0.15, -0.1) is 0 Å². The number of carbonyl (C=O) groups excluding carboxylic acids is 2. The monoisotopic (exact) mass is 326 g/mol. The Morgan fingerprint density at radius 1 is 1.50 bits per heavy atom. The Hall–Kier alpha value is -1.47. The molecular formula is C15H22N2O4S. The summed E-state index contributed by atoms with van der Waals surface area (Å²) in [6.07, 6.45) is 6.07. The number of furan rings is 1. The highest BCUT2D eigenvalue weighted by Gasteiger charge is 2.23. The van der Waals surface area contributed by atoms with E-state index in [9.17, 15) is 9.59 Å². The van der Waals surface area contributed by atoms with Crippen molar-refractivity contribution in [2.75, 3.05) is 25.2 Å². The average molecular weight is 326 g/mol. The van der Waals surface area contributed by atoms with E-state index in [0.717, 1.165) is 25.2 Å². The van der Waals surface area contributed by atoms with Crippen LogP contribution in [0, 0.1) is 0 Å². The van der Waals surface area contributed by atoms with Crippen LogP contribution >= 0.6 is 11.8 Å². The van der Waals surface area contributed by atoms with Gasteiger partial charge in [0.2, 0.25) is 5.91 Å². The zero-order valence-corrected chi connectivity index (χ0v) is 13.5. The van der Waals surface area contributed by atoms with Gasteiger partial charge in [0, 0.05) is 13.2 Å². The van der Waals surface area contributed by atoms with Gasteiger partial charge >= 0.3 is 0 Å². The molecule has 2 heterocycles. The Balaban J connectivity index is 1.86. The van der Waals surface area contributed by atoms with Crippen LogP contribution in [0.4, 0.5) is 0 Å². The summed E-state index contributed by atoms with van der Waals surface area (Å²) < 4.78 is 10.5. The summed E-state index contributed by atoms with van der Waals surface area (Å²) in [5.41, 5.74) is 0. The Morgan fingerprint density at radius 2 is 2.36 bits per heavy atom. The third-order valence-corrected chi connectivity index (χ3v) is 4.15. The molecule has 0 radical (unpaired) electrons. The third kappa shape index (κ3) is 5.06. The average Bonchev–Trinajstić information content (AvgIpc) is 3.21. The van der Waals surface area contributed by atoms with E-state index in [1.807, 2.05) is 6.26 Å². The number of nitrogens with one attached hydrogen (secondary N) is 2. The highest BCUT2D eigenvalue weighted by molar-refractivity contribution is 7.98. The van der Waals surface area contributed by atoms with Gasteiger partial charge in [-0.1, -0.05) is 0 Å². The van der Waals surface area contributed by atoms with E-state index in [-0.39, 0.29) is 23.7 Å². The first-order chi connectivity index (χ1) is 10.7. The summed E-state index contributed by atoms with van der Waals surface area (Å²) in [5.74, 6) is 0.449. The van der Waals surface area contributed by atoms with Crippen LogP contribution in [0.2, 0.25) is 0 Å². The normalized spacial score (nSPS) is 18.9. The van der Waals surface area contributed by atoms with Crippen molar-refractivity contribution in [2.24, 2.45) is 0 Å². The van der Waals surface area contributed by atoms with Crippen molar-refractivity contribution in [3.05, 3.63) is 24.2 Å². The first-order valence-electron chi connectivity index (χ1n) is 7.43. The highest BCUT2D eigenvalue weighted by Crippen LogP contribution is 2.11. The summed E-state index contributed by atoms with van der Waals surface area (Å²) >= 11 is 1.64. The summed E-state index contributed by atoms with van der Waals surface area (Å²) in [4.78, 5) is 24.3. The van der Waals surface area contributed by atoms with Crippen molar-refractivity contribution in [1.29, 1.82) is 0 Å². The first-order valence-corrected chi connectivity index (χ1v) is 8.82. The second-order valence-electron chi connectivity index (χ2n) is 5.17. The van der Waals surface area contributed by atoms with E-state index >= 15 is 0 Å². The van der Waals surface area contributed by atoms with E-state index in [1.165, 1.54) is 6.26 Å². The van der Waals surface area contributed by atoms with Crippen molar-refractivity contribution in [3.8, 4) is 0 Å². The van der Waals surface area contributed by atoms with E-state index in [0.29, 0.717) is 13.0 Å². The minimum absolute atomic E-state index is 0.0888. The number of amides is 2. The molecule has 2 rings (SSSR count). The number of ether oxygens (including phenoxy) is 1. The molecule has 2 N–H and O–H groups in total. The molecule has 1 fully saturated rings. The van der Waals surface area contributed by atoms with Gasteiger partial charge in [0.15, 0.2) is 5.76 Å². The molecule has 1 aliphatic heterocycles. The van der Waals surface area contributed by atoms with E-state index in [4.69, 9.17) is 9.15 Å². The van der Waals surface area contributed by atoms with E-state index < -0.39 is 6.04 Å². The minimum Gasteiger partial charge on any atom is -0.459 e. The van der Waals surface area contributed by atoms with Crippen molar-refractivity contribution in [1.82, 2.24) is 10.6 Å². The Kier molecular flexibility index (Phi) is 6.79. The predicted octanol–water partition coefficient (Wildman–Crippen LogP) is 1.43. The molecule has 1 saturated heterocycles. The topological polar surface area (TPSA) is 80.6 Å². The molecular weight excluding hydrogens is 304 g/mol. The molecule has 1 aromatic rings. The zero-order chi connectivity index (χ0) is 15.8. The summed E-state index contributed by atoms with van der Waals surface area (Å²) in [7, 11) is 0. The maximum atomic E-state index is 12.3. The van der Waals surface area contributed by atoms with E-state index in [1.54, 1.807) is 23.9 Å². The number of hydrogen-bond donors (Lipinski definition) is 2. The lowest BCUT2D eigenvalue weighted by molar-refractivity contribution is -0.123. The maximum Gasteiger partial charge on any atom is 0.287 e. The highest BCUT2D eigenvalue weighted by atomic mass is 32.2. The molecule has 2 amide bonds. The molecule has 1 aromatic heterocycles. The second kappa shape index (κ2) is 8.85. The van der Waals surface area contributed by atoms with E-state index in [2.05, 4.69) is 10.6 Å². The zero-order valence-electron chi connectivity index (χ0n) is 12.7. The van der Waals surface area contributed by atoms with Crippen LogP contribution in [0.5, 0.6) is 0 Å². The van der Waals surface area contributed by atoms with Crippen molar-refractivity contribution in [2.45, 2.75) is 31.4 Å². The Bertz CT molecular complexity index is 472. The smallest absolute Gasteiger partial charge is 0.287 e. The molecule has 0 bridgehead atoms. The van der Waals surface area contributed by atoms with Gasteiger partial charge in [-0.05, 0) is 43.4 Å². The standard InChI is InChI=1S/C15H22N2O4S/c1-22-9-6-12(17-15(19)13-5-3-8-21-13)14(18)16-10-11-4-2-7-20-11/h3,5,8,11-12H,2,4,6-7,9-10H2,1H3,(H,16,18)(H,17,19)/t11-,12-/m0/s1. The second-order valence-corrected chi connectivity index (χ2v) is 6.15. The van der Waals surface area contributed by atoms with Gasteiger partial charge < -0.3 is 19.8 Å². The molecule has 122 valence electrons. The molecule has 6 nitrogen and oxygen atoms in total. The predicted molar refractivity (Wildman–Crippen MR) is 84.9 cm³/mol. The lowest BCUT2D eigenvalue weighted by atomic mass is 10.2. The lowest BCUT2D eigenvalue weighted by Crippen LogP contribution is -2.48. The number of hydrogen-bond acceptors (Lipinski definition) is 5. The molecule has 1 aliphatic rings. The number of thioether (sulfide) groups is 1. The Morgan fingerprint density at radius 3 is 3.00 bits per heavy atom. The first kappa shape index (κ1) is 16.9. The Labute approximate surface area is 134 Å². The fourth-order valence-corrected chi connectivity index (χ4v) is 2.76. The molecule has 7 heteroatoms. The maximum absolute atomic E-state index is 12.3. The quantitative estimate of drug-likeness (QED) is 0.755. The van der Waals surface area contributed by atoms with Crippen molar-refractivity contribution in [3.63, 3.8) is 0 Å². The largest absolute Gasteiger partial charge is 0.459 e. The fourth-order valence-electron chi connectivity index (χ4n) is 2.28. The summed E-state index contributed by atoms with van der Waals surface area (Å²) in [6, 6.07) is 2.65. The molecule has 0 saturated carbocycles. The summed E-state index contributed by atoms with van der Waals surface area (Å²) in [5, 5.41) is 5.60. The molecule has 22 heavy (non-hydrogen) atoms. The lowest BCUT2D eigenvalue weighted by Gasteiger charge is -2.19. The van der Waals surface area contributed by atoms with Crippen molar-refractivity contribution < 1.29 is 18.7 Å². The van der Waals surface area contributed by atoms with Crippen LogP contribution in [-0.4, -0.2) is 49.1 Å². The van der Waals surface area contributed by atoms with Crippen LogP contribution in [0.25, 0.3) is 0 Å². The van der Waals surface area contributed by atoms with Gasteiger partial charge in [0.25, 0.3) is 5.91 Å². The fraction of sp³-hybridized carbons (Fsp3) is 0.600. The van der Waals surface area contributed by atoms with Crippen molar-refractivity contribution >= 4 is 23.6 Å². The van der Waals surface area contributed by atoms with Gasteiger partial charge in [0.05, 0.1) is 12.4 Å². The molecule has 0 aliphatic carbocycles. The van der Waals surface area contributed by atoms with Gasteiger partial charge in [-0.2, -0.15) is 11.8 Å². The SMILES string of the molecule is CSCC[C@H](NC(=O)c1ccco1)C(=O)NC[C@@H]1CCCO1. The van der Waals surface area contributed by atoms with Crippen LogP contribution in [0.1, 0.15) is 29.8 Å². The van der Waals surface area contributed by atoms with Gasteiger partial charge in [-0.3, -0.25) is 9.59 Å². The van der Waals surface area contributed by atoms with Gasteiger partial charge in [0.1, 0.15) is 6.04 Å². The number of carbonyl (C=O) groups is 2. The van der Waals surface area contributed by atoms with Gasteiger partial charge in [-0.25, -0.2) is 0 Å². The molecule has 0 unspecified atom stereocenters. The molecule has 0 spiro atoms. The van der Waals surface area contributed by atoms with Crippen LogP contribution in [0.3, 0.4) is 0 Å². The minimum atomic E-state index is -0.563. The van der Waals surface area contributed by atoms with Crippen LogP contribution in [0.15, 0.2) is 22.8 Å². The van der Waals surface area contributed by atoms with Crippen LogP contribution in [-0.2, 0) is 9.53 Å². The third-order valence-electron chi connectivity index (χ3n) is 3.51. The molecule has 2 atom stereocenters. The van der Waals surface area contributed by atoms with Crippen LogP contribution < -0.4 is 10.6 Å². The molecule has 0 aromatic carbocycles.